The van der Waals surface area contributed by atoms with E-state index in [1.807, 2.05) is 6.92 Å². The van der Waals surface area contributed by atoms with Crippen LogP contribution in [-0.2, 0) is 10.0 Å². The van der Waals surface area contributed by atoms with E-state index < -0.39 is 16.6 Å². The molecule has 1 aromatic rings. The van der Waals surface area contributed by atoms with Gasteiger partial charge in [-0.05, 0) is 37.5 Å². The van der Waals surface area contributed by atoms with Crippen molar-refractivity contribution in [3.63, 3.8) is 0 Å². The van der Waals surface area contributed by atoms with Gasteiger partial charge >= 0.3 is 6.61 Å². The molecule has 4 nitrogen and oxygen atoms in total. The number of hydrogen-bond acceptors (Lipinski definition) is 3. The van der Waals surface area contributed by atoms with Gasteiger partial charge < -0.3 is 4.74 Å². The fraction of sp³-hybridized carbons (Fsp3) is 0.571. The standard InChI is InChI=1S/C14H18ClF2NO3S/c1-2-10-5-3-4-8-18(10)22(19,20)11-6-7-13(12(15)9-11)21-14(16)17/h6-7,9-10,14H,2-5,8H2,1H3. The predicted molar refractivity (Wildman–Crippen MR) is 79.9 cm³/mol. The van der Waals surface area contributed by atoms with Crippen LogP contribution >= 0.6 is 11.6 Å². The van der Waals surface area contributed by atoms with E-state index in [1.54, 1.807) is 0 Å². The molecule has 0 aliphatic carbocycles. The summed E-state index contributed by atoms with van der Waals surface area (Å²) in [6, 6.07) is 3.54. The molecule has 1 heterocycles. The van der Waals surface area contributed by atoms with Crippen LogP contribution in [0.2, 0.25) is 5.02 Å². The third-order valence-corrected chi connectivity index (χ3v) is 6.01. The van der Waals surface area contributed by atoms with Crippen LogP contribution in [0.5, 0.6) is 5.75 Å². The number of ether oxygens (including phenoxy) is 1. The molecule has 0 bridgehead atoms. The average molecular weight is 354 g/mol. The molecule has 1 aromatic carbocycles. The Hall–Kier alpha value is -0.920. The highest BCUT2D eigenvalue weighted by molar-refractivity contribution is 7.89. The number of benzene rings is 1. The Kier molecular flexibility index (Phi) is 5.63. The zero-order valence-electron chi connectivity index (χ0n) is 12.1. The van der Waals surface area contributed by atoms with E-state index >= 15 is 0 Å². The lowest BCUT2D eigenvalue weighted by molar-refractivity contribution is -0.0498. The van der Waals surface area contributed by atoms with Crippen molar-refractivity contribution in [1.29, 1.82) is 0 Å². The van der Waals surface area contributed by atoms with Gasteiger partial charge in [0.1, 0.15) is 5.75 Å². The summed E-state index contributed by atoms with van der Waals surface area (Å²) in [6.45, 7) is -0.592. The molecule has 1 atom stereocenters. The van der Waals surface area contributed by atoms with E-state index in [1.165, 1.54) is 10.4 Å². The van der Waals surface area contributed by atoms with Gasteiger partial charge in [0.05, 0.1) is 9.92 Å². The first kappa shape index (κ1) is 17.4. The number of rotatable bonds is 5. The lowest BCUT2D eigenvalue weighted by Gasteiger charge is -2.34. The van der Waals surface area contributed by atoms with Gasteiger partial charge in [-0.2, -0.15) is 13.1 Å². The van der Waals surface area contributed by atoms with Gasteiger partial charge in [-0.1, -0.05) is 24.9 Å². The molecular formula is C14H18ClF2NO3S. The molecule has 0 radical (unpaired) electrons. The highest BCUT2D eigenvalue weighted by Gasteiger charge is 2.32. The molecule has 1 unspecified atom stereocenters. The molecule has 1 saturated heterocycles. The van der Waals surface area contributed by atoms with Gasteiger partial charge in [0.15, 0.2) is 0 Å². The summed E-state index contributed by atoms with van der Waals surface area (Å²) in [6.07, 6.45) is 3.39. The molecule has 0 spiro atoms. The normalized spacial score (nSPS) is 20.3. The first-order chi connectivity index (χ1) is 10.4. The Bertz CT molecular complexity index is 625. The lowest BCUT2D eigenvalue weighted by Crippen LogP contribution is -2.43. The van der Waals surface area contributed by atoms with Crippen molar-refractivity contribution in [2.24, 2.45) is 0 Å². The quantitative estimate of drug-likeness (QED) is 0.806. The van der Waals surface area contributed by atoms with Crippen molar-refractivity contribution < 1.29 is 21.9 Å². The Balaban J connectivity index is 2.31. The fourth-order valence-corrected chi connectivity index (χ4v) is 4.75. The predicted octanol–water partition coefficient (Wildman–Crippen LogP) is 3.89. The Morgan fingerprint density at radius 2 is 2.14 bits per heavy atom. The number of hydrogen-bond donors (Lipinski definition) is 0. The van der Waals surface area contributed by atoms with E-state index in [2.05, 4.69) is 4.74 Å². The van der Waals surface area contributed by atoms with Crippen molar-refractivity contribution in [2.75, 3.05) is 6.54 Å². The smallest absolute Gasteiger partial charge is 0.387 e. The summed E-state index contributed by atoms with van der Waals surface area (Å²) in [5, 5.41) is -0.147. The van der Waals surface area contributed by atoms with Crippen LogP contribution in [-0.4, -0.2) is 31.9 Å². The molecule has 0 N–H and O–H groups in total. The Morgan fingerprint density at radius 1 is 1.41 bits per heavy atom. The largest absolute Gasteiger partial charge is 0.433 e. The third-order valence-electron chi connectivity index (χ3n) is 3.77. The van der Waals surface area contributed by atoms with Gasteiger partial charge in [-0.15, -0.1) is 0 Å². The van der Waals surface area contributed by atoms with E-state index in [0.717, 1.165) is 37.8 Å². The van der Waals surface area contributed by atoms with E-state index in [0.29, 0.717) is 6.54 Å². The summed E-state index contributed by atoms with van der Waals surface area (Å²) >= 11 is 5.85. The molecule has 8 heteroatoms. The van der Waals surface area contributed by atoms with Crippen LogP contribution in [0, 0.1) is 0 Å². The molecule has 22 heavy (non-hydrogen) atoms. The topological polar surface area (TPSA) is 46.6 Å². The average Bonchev–Trinajstić information content (AvgIpc) is 2.48. The summed E-state index contributed by atoms with van der Waals surface area (Å²) in [7, 11) is -3.69. The van der Waals surface area contributed by atoms with E-state index in [4.69, 9.17) is 11.6 Å². The SMILES string of the molecule is CCC1CCCCN1S(=O)(=O)c1ccc(OC(F)F)c(Cl)c1. The van der Waals surface area contributed by atoms with Crippen molar-refractivity contribution in [1.82, 2.24) is 4.31 Å². The van der Waals surface area contributed by atoms with E-state index in [-0.39, 0.29) is 21.7 Å². The summed E-state index contributed by atoms with van der Waals surface area (Å²) in [4.78, 5) is -0.000494. The molecule has 1 aliphatic rings. The third kappa shape index (κ3) is 3.70. The van der Waals surface area contributed by atoms with Crippen molar-refractivity contribution >= 4 is 21.6 Å². The van der Waals surface area contributed by atoms with Crippen molar-refractivity contribution in [3.8, 4) is 5.75 Å². The van der Waals surface area contributed by atoms with Gasteiger partial charge in [0.2, 0.25) is 10.0 Å². The lowest BCUT2D eigenvalue weighted by atomic mass is 10.0. The second-order valence-corrected chi connectivity index (χ2v) is 7.44. The molecule has 0 saturated carbocycles. The minimum atomic E-state index is -3.69. The maximum Gasteiger partial charge on any atom is 0.387 e. The van der Waals surface area contributed by atoms with Crippen LogP contribution in [0.25, 0.3) is 0 Å². The van der Waals surface area contributed by atoms with Crippen LogP contribution in [0.1, 0.15) is 32.6 Å². The molecule has 1 aliphatic heterocycles. The van der Waals surface area contributed by atoms with Crippen LogP contribution in [0.15, 0.2) is 23.1 Å². The summed E-state index contributed by atoms with van der Waals surface area (Å²) in [5.74, 6) is -0.235. The van der Waals surface area contributed by atoms with Gasteiger partial charge in [-0.25, -0.2) is 8.42 Å². The molecule has 1 fully saturated rings. The highest BCUT2D eigenvalue weighted by atomic mass is 35.5. The van der Waals surface area contributed by atoms with Crippen LogP contribution < -0.4 is 4.74 Å². The molecule has 124 valence electrons. The number of sulfonamides is 1. The maximum atomic E-state index is 12.7. The Morgan fingerprint density at radius 3 is 2.73 bits per heavy atom. The molecule has 0 amide bonds. The van der Waals surface area contributed by atoms with Crippen LogP contribution in [0.3, 0.4) is 0 Å². The molecule has 2 rings (SSSR count). The van der Waals surface area contributed by atoms with Crippen LogP contribution in [0.4, 0.5) is 8.78 Å². The van der Waals surface area contributed by atoms with Gasteiger partial charge in [-0.3, -0.25) is 0 Å². The summed E-state index contributed by atoms with van der Waals surface area (Å²) < 4.78 is 55.6. The monoisotopic (exact) mass is 353 g/mol. The second kappa shape index (κ2) is 7.10. The fourth-order valence-electron chi connectivity index (χ4n) is 2.67. The highest BCUT2D eigenvalue weighted by Crippen LogP contribution is 2.32. The summed E-state index contributed by atoms with van der Waals surface area (Å²) in [5.41, 5.74) is 0. The number of nitrogens with zero attached hydrogens (tertiary/aromatic N) is 1. The minimum absolute atomic E-state index is 0.000494. The van der Waals surface area contributed by atoms with Crippen molar-refractivity contribution in [3.05, 3.63) is 23.2 Å². The zero-order chi connectivity index (χ0) is 16.3. The number of piperidine rings is 1. The molecular weight excluding hydrogens is 336 g/mol. The second-order valence-electron chi connectivity index (χ2n) is 5.14. The first-order valence-electron chi connectivity index (χ1n) is 7.12. The maximum absolute atomic E-state index is 12.7. The van der Waals surface area contributed by atoms with Crippen molar-refractivity contribution in [2.45, 2.75) is 50.2 Å². The van der Waals surface area contributed by atoms with Gasteiger partial charge in [0, 0.05) is 12.6 Å². The Labute approximate surface area is 134 Å². The minimum Gasteiger partial charge on any atom is -0.433 e. The first-order valence-corrected chi connectivity index (χ1v) is 8.94. The van der Waals surface area contributed by atoms with E-state index in [9.17, 15) is 17.2 Å². The zero-order valence-corrected chi connectivity index (χ0v) is 13.7. The molecule has 0 aromatic heterocycles. The number of halogens is 3. The van der Waals surface area contributed by atoms with Gasteiger partial charge in [0.25, 0.3) is 0 Å². The number of alkyl halides is 2.